The Morgan fingerprint density at radius 2 is 1.90 bits per heavy atom. The average Bonchev–Trinajstić information content (AvgIpc) is 3.00. The number of carbonyl (C=O) groups is 2. The number of anilines is 1. The molecule has 0 saturated heterocycles. The molecule has 1 heterocycles. The highest BCUT2D eigenvalue weighted by Crippen LogP contribution is 2.24. The maximum atomic E-state index is 12.2. The summed E-state index contributed by atoms with van der Waals surface area (Å²) in [6, 6.07) is 9.74. The lowest BCUT2D eigenvalue weighted by molar-refractivity contribution is 0.0697. The molecule has 0 radical (unpaired) electrons. The molecule has 0 bridgehead atoms. The Balaban J connectivity index is 2.02. The van der Waals surface area contributed by atoms with Gasteiger partial charge in [0.1, 0.15) is 0 Å². The number of amides is 2. The summed E-state index contributed by atoms with van der Waals surface area (Å²) in [5, 5.41) is 13.6. The Bertz CT molecular complexity index is 623. The van der Waals surface area contributed by atoms with E-state index in [2.05, 4.69) is 5.32 Å². The van der Waals surface area contributed by atoms with Crippen LogP contribution < -0.4 is 5.32 Å². The number of benzene rings is 1. The number of hydrogen-bond donors (Lipinski definition) is 2. The van der Waals surface area contributed by atoms with Gasteiger partial charge in [0.2, 0.25) is 0 Å². The molecular formula is C15H16N2O3S. The first kappa shape index (κ1) is 15.1. The molecule has 21 heavy (non-hydrogen) atoms. The van der Waals surface area contributed by atoms with Gasteiger partial charge in [-0.15, -0.1) is 11.3 Å². The fourth-order valence-corrected chi connectivity index (χ4v) is 2.63. The maximum Gasteiger partial charge on any atom is 0.335 e. The monoisotopic (exact) mass is 304 g/mol. The largest absolute Gasteiger partial charge is 0.478 e. The van der Waals surface area contributed by atoms with Crippen LogP contribution in [0.25, 0.3) is 0 Å². The number of nitrogens with zero attached hydrogens (tertiary/aromatic N) is 1. The molecule has 2 aromatic rings. The van der Waals surface area contributed by atoms with E-state index in [9.17, 15) is 9.59 Å². The summed E-state index contributed by atoms with van der Waals surface area (Å²) >= 11 is 1.60. The Hall–Kier alpha value is -2.34. The minimum Gasteiger partial charge on any atom is -0.478 e. The SMILES string of the molecule is CC(c1cccs1)N(C)C(=O)Nc1ccc(C(=O)O)cc1. The molecule has 0 aliphatic rings. The molecule has 0 spiro atoms. The van der Waals surface area contributed by atoms with Gasteiger partial charge in [-0.2, -0.15) is 0 Å². The van der Waals surface area contributed by atoms with E-state index in [1.54, 1.807) is 35.4 Å². The molecule has 1 unspecified atom stereocenters. The first-order chi connectivity index (χ1) is 9.99. The summed E-state index contributed by atoms with van der Waals surface area (Å²) < 4.78 is 0. The molecule has 1 aromatic heterocycles. The van der Waals surface area contributed by atoms with E-state index < -0.39 is 5.97 Å². The van der Waals surface area contributed by atoms with Crippen LogP contribution in [-0.4, -0.2) is 29.1 Å². The second-order valence-corrected chi connectivity index (χ2v) is 5.59. The molecule has 0 aliphatic heterocycles. The molecule has 0 aliphatic carbocycles. The van der Waals surface area contributed by atoms with Crippen molar-refractivity contribution in [1.29, 1.82) is 0 Å². The van der Waals surface area contributed by atoms with Crippen LogP contribution in [-0.2, 0) is 0 Å². The molecule has 1 atom stereocenters. The number of hydrogen-bond acceptors (Lipinski definition) is 3. The summed E-state index contributed by atoms with van der Waals surface area (Å²) in [4.78, 5) is 25.7. The lowest BCUT2D eigenvalue weighted by Gasteiger charge is -2.24. The zero-order valence-corrected chi connectivity index (χ0v) is 12.6. The predicted octanol–water partition coefficient (Wildman–Crippen LogP) is 3.67. The maximum absolute atomic E-state index is 12.2. The number of urea groups is 1. The number of carboxylic acid groups (broad SMARTS) is 1. The zero-order chi connectivity index (χ0) is 15.4. The highest BCUT2D eigenvalue weighted by molar-refractivity contribution is 7.10. The van der Waals surface area contributed by atoms with Gasteiger partial charge in [-0.25, -0.2) is 9.59 Å². The Morgan fingerprint density at radius 1 is 1.24 bits per heavy atom. The van der Waals surface area contributed by atoms with Crippen molar-refractivity contribution in [2.75, 3.05) is 12.4 Å². The van der Waals surface area contributed by atoms with E-state index in [4.69, 9.17) is 5.11 Å². The third-order valence-electron chi connectivity index (χ3n) is 3.24. The Labute approximate surface area is 126 Å². The third-order valence-corrected chi connectivity index (χ3v) is 4.28. The normalized spacial score (nSPS) is 11.7. The number of carboxylic acids is 1. The Kier molecular flexibility index (Phi) is 4.59. The van der Waals surface area contributed by atoms with Crippen LogP contribution in [0.3, 0.4) is 0 Å². The van der Waals surface area contributed by atoms with Crippen molar-refractivity contribution in [2.45, 2.75) is 13.0 Å². The van der Waals surface area contributed by atoms with Gasteiger partial charge in [-0.3, -0.25) is 0 Å². The van der Waals surface area contributed by atoms with E-state index in [1.807, 2.05) is 24.4 Å². The van der Waals surface area contributed by atoms with E-state index in [0.29, 0.717) is 5.69 Å². The second kappa shape index (κ2) is 6.41. The molecule has 5 nitrogen and oxygen atoms in total. The fraction of sp³-hybridized carbons (Fsp3) is 0.200. The van der Waals surface area contributed by atoms with E-state index in [0.717, 1.165) is 4.88 Å². The number of aromatic carboxylic acids is 1. The first-order valence-electron chi connectivity index (χ1n) is 6.39. The number of thiophene rings is 1. The summed E-state index contributed by atoms with van der Waals surface area (Å²) in [6.07, 6.45) is 0. The highest BCUT2D eigenvalue weighted by Gasteiger charge is 2.18. The quantitative estimate of drug-likeness (QED) is 0.905. The molecule has 110 valence electrons. The van der Waals surface area contributed by atoms with Crippen LogP contribution in [0, 0.1) is 0 Å². The van der Waals surface area contributed by atoms with Crippen LogP contribution in [0.1, 0.15) is 28.2 Å². The fourth-order valence-electron chi connectivity index (χ4n) is 1.80. The van der Waals surface area contributed by atoms with E-state index in [-0.39, 0.29) is 17.6 Å². The van der Waals surface area contributed by atoms with Gasteiger partial charge < -0.3 is 15.3 Å². The molecule has 2 N–H and O–H groups in total. The van der Waals surface area contributed by atoms with Crippen molar-refractivity contribution in [3.63, 3.8) is 0 Å². The van der Waals surface area contributed by atoms with Crippen molar-refractivity contribution in [3.8, 4) is 0 Å². The van der Waals surface area contributed by atoms with Gasteiger partial charge >= 0.3 is 12.0 Å². The van der Waals surface area contributed by atoms with Crippen LogP contribution in [0.4, 0.5) is 10.5 Å². The minimum absolute atomic E-state index is 0.0247. The lowest BCUT2D eigenvalue weighted by atomic mass is 10.2. The van der Waals surface area contributed by atoms with Crippen molar-refractivity contribution in [3.05, 3.63) is 52.2 Å². The van der Waals surface area contributed by atoms with Crippen LogP contribution in [0.2, 0.25) is 0 Å². The molecule has 2 amide bonds. The van der Waals surface area contributed by atoms with Crippen LogP contribution in [0.15, 0.2) is 41.8 Å². The predicted molar refractivity (Wildman–Crippen MR) is 82.9 cm³/mol. The average molecular weight is 304 g/mol. The Morgan fingerprint density at radius 3 is 2.43 bits per heavy atom. The van der Waals surface area contributed by atoms with Crippen LogP contribution >= 0.6 is 11.3 Å². The minimum atomic E-state index is -0.990. The van der Waals surface area contributed by atoms with Crippen molar-refractivity contribution in [1.82, 2.24) is 4.90 Å². The van der Waals surface area contributed by atoms with E-state index >= 15 is 0 Å². The standard InChI is InChI=1S/C15H16N2O3S/c1-10(13-4-3-9-21-13)17(2)15(20)16-12-7-5-11(6-8-12)14(18)19/h3-10H,1-2H3,(H,16,20)(H,18,19). The van der Waals surface area contributed by atoms with Gasteiger partial charge in [0.15, 0.2) is 0 Å². The third kappa shape index (κ3) is 3.61. The first-order valence-corrected chi connectivity index (χ1v) is 7.27. The van der Waals surface area contributed by atoms with E-state index in [1.165, 1.54) is 12.1 Å². The van der Waals surface area contributed by atoms with Gasteiger partial charge in [-0.1, -0.05) is 6.07 Å². The van der Waals surface area contributed by atoms with Gasteiger partial charge in [-0.05, 0) is 42.6 Å². The van der Waals surface area contributed by atoms with Crippen LogP contribution in [0.5, 0.6) is 0 Å². The summed E-state index contributed by atoms with van der Waals surface area (Å²) in [7, 11) is 1.73. The topological polar surface area (TPSA) is 69.6 Å². The van der Waals surface area contributed by atoms with Crippen molar-refractivity contribution < 1.29 is 14.7 Å². The second-order valence-electron chi connectivity index (χ2n) is 4.61. The highest BCUT2D eigenvalue weighted by atomic mass is 32.1. The summed E-state index contributed by atoms with van der Waals surface area (Å²) in [5.74, 6) is -0.990. The molecule has 1 aromatic carbocycles. The summed E-state index contributed by atoms with van der Waals surface area (Å²) in [6.45, 7) is 1.96. The molecule has 0 fully saturated rings. The number of carbonyl (C=O) groups excluding carboxylic acids is 1. The summed E-state index contributed by atoms with van der Waals surface area (Å²) in [5.41, 5.74) is 0.753. The molecular weight excluding hydrogens is 288 g/mol. The molecule has 6 heteroatoms. The smallest absolute Gasteiger partial charge is 0.335 e. The van der Waals surface area contributed by atoms with Crippen molar-refractivity contribution in [2.24, 2.45) is 0 Å². The zero-order valence-electron chi connectivity index (χ0n) is 11.7. The van der Waals surface area contributed by atoms with Gasteiger partial charge in [0, 0.05) is 17.6 Å². The molecule has 0 saturated carbocycles. The van der Waals surface area contributed by atoms with Crippen molar-refractivity contribution >= 4 is 29.0 Å². The number of rotatable bonds is 4. The van der Waals surface area contributed by atoms with Gasteiger partial charge in [0.05, 0.1) is 11.6 Å². The number of nitrogens with one attached hydrogen (secondary N) is 1. The lowest BCUT2D eigenvalue weighted by Crippen LogP contribution is -2.33. The van der Waals surface area contributed by atoms with Gasteiger partial charge in [0.25, 0.3) is 0 Å². The molecule has 2 rings (SSSR count).